The summed E-state index contributed by atoms with van der Waals surface area (Å²) in [6.45, 7) is 6.64. The van der Waals surface area contributed by atoms with E-state index in [1.54, 1.807) is 0 Å². The topological polar surface area (TPSA) is 48.3 Å². The molecule has 3 rings (SSSR count). The molecule has 0 radical (unpaired) electrons. The molecule has 1 atom stereocenters. The van der Waals surface area contributed by atoms with Crippen molar-refractivity contribution in [3.63, 3.8) is 0 Å². The second kappa shape index (κ2) is 6.90. The zero-order valence-corrected chi connectivity index (χ0v) is 13.0. The molecule has 118 valence electrons. The molecule has 0 bridgehead atoms. The summed E-state index contributed by atoms with van der Waals surface area (Å²) < 4.78 is 13.8. The monoisotopic (exact) mass is 293 g/mol. The number of nitrogens with one attached hydrogen (secondary N) is 1. The number of ether oxygens (including phenoxy) is 2. The number of imidazole rings is 1. The number of aryl methyl sites for hydroxylation is 1. The lowest BCUT2D eigenvalue weighted by molar-refractivity contribution is -0.140. The Hall–Kier alpha value is -0.910. The van der Waals surface area contributed by atoms with Gasteiger partial charge in [0.25, 0.3) is 0 Å². The molecule has 2 aliphatic heterocycles. The van der Waals surface area contributed by atoms with E-state index in [0.29, 0.717) is 6.04 Å². The van der Waals surface area contributed by atoms with E-state index in [0.717, 1.165) is 70.8 Å². The Morgan fingerprint density at radius 2 is 2.24 bits per heavy atom. The van der Waals surface area contributed by atoms with E-state index in [-0.39, 0.29) is 5.60 Å². The van der Waals surface area contributed by atoms with Crippen molar-refractivity contribution < 1.29 is 9.47 Å². The van der Waals surface area contributed by atoms with Crippen molar-refractivity contribution in [3.05, 3.63) is 18.2 Å². The molecule has 2 aliphatic rings. The number of hydrogen-bond donors (Lipinski definition) is 1. The van der Waals surface area contributed by atoms with Crippen LogP contribution >= 0.6 is 0 Å². The number of aromatic nitrogens is 2. The third-order valence-corrected chi connectivity index (χ3v) is 4.71. The first-order chi connectivity index (χ1) is 10.3. The van der Waals surface area contributed by atoms with Crippen LogP contribution in [0.4, 0.5) is 0 Å². The smallest absolute Gasteiger partial charge is 0.122 e. The summed E-state index contributed by atoms with van der Waals surface area (Å²) in [5.74, 6) is 1.14. The van der Waals surface area contributed by atoms with Crippen LogP contribution in [0.5, 0.6) is 0 Å². The normalized spacial score (nSPS) is 25.3. The molecule has 0 aliphatic carbocycles. The Labute approximate surface area is 127 Å². The molecule has 1 N–H and O–H groups in total. The van der Waals surface area contributed by atoms with Gasteiger partial charge in [0.15, 0.2) is 0 Å². The van der Waals surface area contributed by atoms with Crippen molar-refractivity contribution >= 4 is 0 Å². The summed E-state index contributed by atoms with van der Waals surface area (Å²) in [6, 6.07) is 0.531. The first-order valence-corrected chi connectivity index (χ1v) is 8.26. The molecule has 2 saturated heterocycles. The molecule has 0 amide bonds. The second-order valence-corrected chi connectivity index (χ2v) is 6.25. The lowest BCUT2D eigenvalue weighted by atomic mass is 9.84. The number of nitrogens with zero attached hydrogens (tertiary/aromatic N) is 2. The maximum atomic E-state index is 6.10. The second-order valence-electron chi connectivity index (χ2n) is 6.25. The van der Waals surface area contributed by atoms with Gasteiger partial charge in [-0.3, -0.25) is 0 Å². The summed E-state index contributed by atoms with van der Waals surface area (Å²) in [7, 11) is 0. The van der Waals surface area contributed by atoms with Crippen LogP contribution in [0, 0.1) is 0 Å². The zero-order chi connectivity index (χ0) is 14.5. The van der Waals surface area contributed by atoms with Crippen molar-refractivity contribution in [2.45, 2.75) is 63.8 Å². The van der Waals surface area contributed by atoms with Crippen LogP contribution in [0.25, 0.3) is 0 Å². The molecule has 2 fully saturated rings. The van der Waals surface area contributed by atoms with E-state index in [2.05, 4.69) is 28.0 Å². The van der Waals surface area contributed by atoms with Gasteiger partial charge >= 0.3 is 0 Å². The molecular formula is C16H27N3O2. The Balaban J connectivity index is 1.54. The average Bonchev–Trinajstić information content (AvgIpc) is 2.94. The van der Waals surface area contributed by atoms with E-state index in [1.807, 2.05) is 6.20 Å². The minimum atomic E-state index is 0.0625. The van der Waals surface area contributed by atoms with Crippen LogP contribution in [0.3, 0.4) is 0 Å². The highest BCUT2D eigenvalue weighted by Crippen LogP contribution is 2.34. The van der Waals surface area contributed by atoms with Crippen molar-refractivity contribution in [1.82, 2.24) is 14.9 Å². The standard InChI is InChI=1S/C16H27N3O2/c1-2-7-19-8-6-17-15(19)13-18-14-3-9-21-16(12-14)4-10-20-11-5-16/h6,8,14,18H,2-5,7,9-13H2,1H3/t14-/m0/s1. The van der Waals surface area contributed by atoms with Crippen molar-refractivity contribution in [3.8, 4) is 0 Å². The predicted molar refractivity (Wildman–Crippen MR) is 81.1 cm³/mol. The highest BCUT2D eigenvalue weighted by molar-refractivity contribution is 4.95. The molecule has 1 aromatic rings. The molecule has 5 nitrogen and oxygen atoms in total. The zero-order valence-electron chi connectivity index (χ0n) is 13.0. The molecule has 1 aromatic heterocycles. The van der Waals surface area contributed by atoms with Crippen LogP contribution in [0.1, 0.15) is 44.9 Å². The minimum Gasteiger partial charge on any atom is -0.381 e. The minimum absolute atomic E-state index is 0.0625. The Morgan fingerprint density at radius 1 is 1.38 bits per heavy atom. The van der Waals surface area contributed by atoms with Gasteiger partial charge in [-0.15, -0.1) is 0 Å². The van der Waals surface area contributed by atoms with Gasteiger partial charge in [0.05, 0.1) is 12.1 Å². The molecule has 1 spiro atoms. The van der Waals surface area contributed by atoms with Crippen LogP contribution in [-0.2, 0) is 22.6 Å². The van der Waals surface area contributed by atoms with Gasteiger partial charge in [0.2, 0.25) is 0 Å². The fraction of sp³-hybridized carbons (Fsp3) is 0.812. The SMILES string of the molecule is CCCn1ccnc1CN[C@H]1CCOC2(CCOCC2)C1. The largest absolute Gasteiger partial charge is 0.381 e. The molecule has 21 heavy (non-hydrogen) atoms. The Kier molecular flexibility index (Phi) is 4.93. The number of rotatable bonds is 5. The summed E-state index contributed by atoms with van der Waals surface area (Å²) >= 11 is 0. The predicted octanol–water partition coefficient (Wildman–Crippen LogP) is 2.11. The van der Waals surface area contributed by atoms with Gasteiger partial charge in [0, 0.05) is 44.8 Å². The molecular weight excluding hydrogens is 266 g/mol. The summed E-state index contributed by atoms with van der Waals surface area (Å²) in [6.07, 6.45) is 9.39. The summed E-state index contributed by atoms with van der Waals surface area (Å²) in [4.78, 5) is 4.47. The van der Waals surface area contributed by atoms with Crippen molar-refractivity contribution in [2.75, 3.05) is 19.8 Å². The third kappa shape index (κ3) is 3.65. The first-order valence-electron chi connectivity index (χ1n) is 8.26. The average molecular weight is 293 g/mol. The maximum absolute atomic E-state index is 6.10. The third-order valence-electron chi connectivity index (χ3n) is 4.71. The molecule has 0 unspecified atom stereocenters. The van der Waals surface area contributed by atoms with Crippen LogP contribution in [0.15, 0.2) is 12.4 Å². The lowest BCUT2D eigenvalue weighted by Crippen LogP contribution is -2.49. The number of hydrogen-bond acceptors (Lipinski definition) is 4. The van der Waals surface area contributed by atoms with E-state index < -0.39 is 0 Å². The van der Waals surface area contributed by atoms with E-state index in [4.69, 9.17) is 9.47 Å². The molecule has 5 heteroatoms. The van der Waals surface area contributed by atoms with Gasteiger partial charge in [-0.2, -0.15) is 0 Å². The van der Waals surface area contributed by atoms with E-state index in [9.17, 15) is 0 Å². The van der Waals surface area contributed by atoms with Crippen LogP contribution in [-0.4, -0.2) is 41.0 Å². The molecule has 3 heterocycles. The molecule has 0 aromatic carbocycles. The summed E-state index contributed by atoms with van der Waals surface area (Å²) in [5, 5.41) is 3.69. The maximum Gasteiger partial charge on any atom is 0.122 e. The van der Waals surface area contributed by atoms with Gasteiger partial charge in [0.1, 0.15) is 5.82 Å². The van der Waals surface area contributed by atoms with Crippen molar-refractivity contribution in [2.24, 2.45) is 0 Å². The fourth-order valence-electron chi connectivity index (χ4n) is 3.48. The quantitative estimate of drug-likeness (QED) is 0.903. The Bertz CT molecular complexity index is 435. The van der Waals surface area contributed by atoms with Crippen LogP contribution in [0.2, 0.25) is 0 Å². The van der Waals surface area contributed by atoms with Gasteiger partial charge in [-0.05, 0) is 32.1 Å². The molecule has 0 saturated carbocycles. The van der Waals surface area contributed by atoms with E-state index >= 15 is 0 Å². The van der Waals surface area contributed by atoms with Gasteiger partial charge in [-0.1, -0.05) is 6.92 Å². The van der Waals surface area contributed by atoms with Gasteiger partial charge in [-0.25, -0.2) is 4.98 Å². The fourth-order valence-corrected chi connectivity index (χ4v) is 3.48. The lowest BCUT2D eigenvalue weighted by Gasteiger charge is -2.43. The highest BCUT2D eigenvalue weighted by atomic mass is 16.5. The summed E-state index contributed by atoms with van der Waals surface area (Å²) in [5.41, 5.74) is 0.0625. The van der Waals surface area contributed by atoms with Crippen LogP contribution < -0.4 is 5.32 Å². The van der Waals surface area contributed by atoms with E-state index in [1.165, 1.54) is 0 Å². The Morgan fingerprint density at radius 3 is 3.05 bits per heavy atom. The highest BCUT2D eigenvalue weighted by Gasteiger charge is 2.38. The first kappa shape index (κ1) is 15.0. The van der Waals surface area contributed by atoms with Gasteiger partial charge < -0.3 is 19.4 Å². The van der Waals surface area contributed by atoms with Crippen molar-refractivity contribution in [1.29, 1.82) is 0 Å².